The molecule has 3 heterocycles. The predicted octanol–water partition coefficient (Wildman–Crippen LogP) is 6.50. The van der Waals surface area contributed by atoms with Gasteiger partial charge in [0.05, 0.1) is 11.3 Å². The van der Waals surface area contributed by atoms with Crippen molar-refractivity contribution >= 4 is 22.1 Å². The molecule has 6 aromatic rings. The lowest BCUT2D eigenvalue weighted by Gasteiger charge is -2.28. The largest absolute Gasteiger partial charge is 0.438 e. The van der Waals surface area contributed by atoms with Crippen molar-refractivity contribution in [1.82, 2.24) is 19.6 Å². The van der Waals surface area contributed by atoms with Crippen LogP contribution >= 0.6 is 0 Å². The average Bonchev–Trinajstić information content (AvgIpc) is 3.40. The Hall–Kier alpha value is -5.04. The van der Waals surface area contributed by atoms with Crippen LogP contribution in [0.2, 0.25) is 0 Å². The van der Waals surface area contributed by atoms with Crippen LogP contribution in [0.25, 0.3) is 16.4 Å². The van der Waals surface area contributed by atoms with Gasteiger partial charge in [0.25, 0.3) is 0 Å². The quantitative estimate of drug-likeness (QED) is 0.200. The minimum Gasteiger partial charge on any atom is -0.438 e. The first-order valence-corrected chi connectivity index (χ1v) is 12.5. The van der Waals surface area contributed by atoms with Crippen LogP contribution in [0.15, 0.2) is 109 Å². The highest BCUT2D eigenvalue weighted by atomic mass is 16.6. The third-order valence-electron chi connectivity index (χ3n) is 6.86. The van der Waals surface area contributed by atoms with E-state index in [1.165, 1.54) is 0 Å². The summed E-state index contributed by atoms with van der Waals surface area (Å²) in [5, 5.41) is 11.1. The van der Waals surface area contributed by atoms with E-state index in [-0.39, 0.29) is 12.5 Å². The summed E-state index contributed by atoms with van der Waals surface area (Å²) in [5.41, 5.74) is 5.56. The van der Waals surface area contributed by atoms with Crippen molar-refractivity contribution in [2.45, 2.75) is 19.4 Å². The summed E-state index contributed by atoms with van der Waals surface area (Å²) < 4.78 is 8.17. The molecule has 4 aromatic carbocycles. The SMILES string of the molecule is CC(=NOCc1nc2c3c(ncn2n1)Oc1c(ccc2ccccc12)C3c1ccccc1)c1ccccc1. The number of ether oxygens (including phenoxy) is 1. The normalized spacial score (nSPS) is 14.7. The van der Waals surface area contributed by atoms with E-state index in [2.05, 4.69) is 63.8 Å². The highest BCUT2D eigenvalue weighted by molar-refractivity contribution is 5.98. The van der Waals surface area contributed by atoms with Crippen molar-refractivity contribution in [2.75, 3.05) is 0 Å². The number of aromatic nitrogens is 4. The van der Waals surface area contributed by atoms with E-state index in [9.17, 15) is 0 Å². The third-order valence-corrected chi connectivity index (χ3v) is 6.86. The summed E-state index contributed by atoms with van der Waals surface area (Å²) in [6, 6.07) is 32.8. The molecule has 0 aliphatic carbocycles. The number of fused-ring (bicyclic) bond motifs is 6. The molecule has 184 valence electrons. The summed E-state index contributed by atoms with van der Waals surface area (Å²) in [4.78, 5) is 15.1. The molecule has 0 amide bonds. The van der Waals surface area contributed by atoms with Gasteiger partial charge in [0.1, 0.15) is 12.1 Å². The molecule has 0 saturated carbocycles. The van der Waals surface area contributed by atoms with E-state index in [1.54, 1.807) is 10.8 Å². The fraction of sp³-hybridized carbons (Fsp3) is 0.0968. The van der Waals surface area contributed by atoms with Crippen molar-refractivity contribution in [3.63, 3.8) is 0 Å². The van der Waals surface area contributed by atoms with Gasteiger partial charge in [-0.3, -0.25) is 0 Å². The summed E-state index contributed by atoms with van der Waals surface area (Å²) in [6.07, 6.45) is 1.64. The maximum Gasteiger partial charge on any atom is 0.228 e. The highest BCUT2D eigenvalue weighted by Gasteiger charge is 2.34. The lowest BCUT2D eigenvalue weighted by molar-refractivity contribution is 0.125. The Kier molecular flexibility index (Phi) is 5.32. The minimum absolute atomic E-state index is 0.118. The summed E-state index contributed by atoms with van der Waals surface area (Å²) in [7, 11) is 0. The molecule has 1 aliphatic rings. The average molecular weight is 498 g/mol. The van der Waals surface area contributed by atoms with E-state index >= 15 is 0 Å². The molecule has 1 unspecified atom stereocenters. The van der Waals surface area contributed by atoms with Gasteiger partial charge < -0.3 is 9.57 Å². The van der Waals surface area contributed by atoms with E-state index in [4.69, 9.17) is 14.6 Å². The van der Waals surface area contributed by atoms with Gasteiger partial charge in [-0.05, 0) is 23.4 Å². The third kappa shape index (κ3) is 3.76. The van der Waals surface area contributed by atoms with Gasteiger partial charge in [0.15, 0.2) is 18.1 Å². The number of oxime groups is 1. The molecule has 0 N–H and O–H groups in total. The Labute approximate surface area is 219 Å². The van der Waals surface area contributed by atoms with Gasteiger partial charge in [-0.1, -0.05) is 102 Å². The van der Waals surface area contributed by atoms with Gasteiger partial charge in [-0.2, -0.15) is 0 Å². The van der Waals surface area contributed by atoms with Crippen LogP contribution in [-0.2, 0) is 11.4 Å². The van der Waals surface area contributed by atoms with E-state index < -0.39 is 0 Å². The number of rotatable bonds is 5. The molecule has 38 heavy (non-hydrogen) atoms. The Balaban J connectivity index is 1.31. The molecule has 1 aliphatic heterocycles. The van der Waals surface area contributed by atoms with Gasteiger partial charge in [0.2, 0.25) is 5.88 Å². The molecule has 2 aromatic heterocycles. The maximum atomic E-state index is 6.48. The first-order valence-electron chi connectivity index (χ1n) is 12.5. The predicted molar refractivity (Wildman–Crippen MR) is 146 cm³/mol. The zero-order chi connectivity index (χ0) is 25.5. The number of hydrogen-bond acceptors (Lipinski definition) is 6. The molecule has 7 nitrogen and oxygen atoms in total. The van der Waals surface area contributed by atoms with Crippen molar-refractivity contribution < 1.29 is 9.57 Å². The topological polar surface area (TPSA) is 73.9 Å². The number of hydrogen-bond donors (Lipinski definition) is 0. The fourth-order valence-corrected chi connectivity index (χ4v) is 5.06. The smallest absolute Gasteiger partial charge is 0.228 e. The summed E-state index contributed by atoms with van der Waals surface area (Å²) in [6.45, 7) is 2.05. The first kappa shape index (κ1) is 22.2. The Bertz CT molecular complexity index is 1810. The molecular weight excluding hydrogens is 474 g/mol. The summed E-state index contributed by atoms with van der Waals surface area (Å²) in [5.74, 6) is 1.76. The molecular formula is C31H23N5O2. The van der Waals surface area contributed by atoms with Gasteiger partial charge in [-0.25, -0.2) is 14.5 Å². The zero-order valence-corrected chi connectivity index (χ0v) is 20.7. The first-order chi connectivity index (χ1) is 18.8. The van der Waals surface area contributed by atoms with Crippen molar-refractivity contribution in [3.8, 4) is 11.6 Å². The van der Waals surface area contributed by atoms with Crippen LogP contribution in [0.4, 0.5) is 0 Å². The minimum atomic E-state index is -0.118. The van der Waals surface area contributed by atoms with E-state index in [1.807, 2.05) is 55.5 Å². The second kappa shape index (κ2) is 9.12. The Morgan fingerprint density at radius 3 is 2.53 bits per heavy atom. The van der Waals surface area contributed by atoms with Crippen molar-refractivity contribution in [2.24, 2.45) is 5.16 Å². The van der Waals surface area contributed by atoms with Crippen LogP contribution in [0, 0.1) is 0 Å². The van der Waals surface area contributed by atoms with E-state index in [0.29, 0.717) is 17.4 Å². The van der Waals surface area contributed by atoms with Crippen LogP contribution < -0.4 is 4.74 Å². The van der Waals surface area contributed by atoms with Gasteiger partial charge in [-0.15, -0.1) is 5.10 Å². The zero-order valence-electron chi connectivity index (χ0n) is 20.7. The molecule has 0 saturated heterocycles. The number of benzene rings is 4. The molecule has 7 rings (SSSR count). The molecule has 7 heteroatoms. The van der Waals surface area contributed by atoms with Crippen molar-refractivity contribution in [3.05, 3.63) is 131 Å². The van der Waals surface area contributed by atoms with Gasteiger partial charge >= 0.3 is 0 Å². The maximum absolute atomic E-state index is 6.48. The monoisotopic (exact) mass is 497 g/mol. The molecule has 0 radical (unpaired) electrons. The van der Waals surface area contributed by atoms with Crippen LogP contribution in [0.1, 0.15) is 40.9 Å². The molecule has 0 fully saturated rings. The van der Waals surface area contributed by atoms with E-state index in [0.717, 1.165) is 44.5 Å². The lowest BCUT2D eigenvalue weighted by Crippen LogP contribution is -2.15. The Morgan fingerprint density at radius 1 is 0.921 bits per heavy atom. The standard InChI is InChI=1S/C31H23N5O2/c1-20(21-10-4-2-5-11-21)35-37-18-26-33-30-28-27(23-13-6-3-7-14-23)25-17-16-22-12-8-9-15-24(22)29(25)38-31(28)32-19-36(30)34-26/h2-17,19,27H,18H2,1H3. The second-order valence-corrected chi connectivity index (χ2v) is 9.23. The lowest BCUT2D eigenvalue weighted by atomic mass is 9.83. The Morgan fingerprint density at radius 2 is 1.68 bits per heavy atom. The van der Waals surface area contributed by atoms with Crippen molar-refractivity contribution in [1.29, 1.82) is 0 Å². The van der Waals surface area contributed by atoms with Crippen LogP contribution in [0.5, 0.6) is 11.6 Å². The van der Waals surface area contributed by atoms with Gasteiger partial charge in [0, 0.05) is 16.9 Å². The molecule has 1 atom stereocenters. The molecule has 0 bridgehead atoms. The highest BCUT2D eigenvalue weighted by Crippen LogP contribution is 2.50. The molecule has 0 spiro atoms. The van der Waals surface area contributed by atoms with Crippen LogP contribution in [0.3, 0.4) is 0 Å². The fourth-order valence-electron chi connectivity index (χ4n) is 5.06. The number of nitrogens with zero attached hydrogens (tertiary/aromatic N) is 5. The van der Waals surface area contributed by atoms with Crippen LogP contribution in [-0.4, -0.2) is 25.3 Å². The second-order valence-electron chi connectivity index (χ2n) is 9.23. The summed E-state index contributed by atoms with van der Waals surface area (Å²) >= 11 is 0.